The zero-order valence-corrected chi connectivity index (χ0v) is 21.0. The summed E-state index contributed by atoms with van der Waals surface area (Å²) in [4.78, 5) is 37.2. The molecule has 0 atom stereocenters. The van der Waals surface area contributed by atoms with Crippen molar-refractivity contribution >= 4 is 34.7 Å². The monoisotopic (exact) mass is 547 g/mol. The minimum absolute atomic E-state index is 0.0592. The van der Waals surface area contributed by atoms with Crippen LogP contribution in [0.15, 0.2) is 77.8 Å². The number of aromatic nitrogens is 3. The summed E-state index contributed by atoms with van der Waals surface area (Å²) in [5.74, 6) is 0.239. The van der Waals surface area contributed by atoms with Crippen LogP contribution in [-0.2, 0) is 11.3 Å². The van der Waals surface area contributed by atoms with Gasteiger partial charge in [0, 0.05) is 12.1 Å². The Balaban J connectivity index is 1.29. The zero-order valence-electron chi connectivity index (χ0n) is 20.2. The van der Waals surface area contributed by atoms with Crippen LogP contribution in [0.1, 0.15) is 11.3 Å². The molecule has 0 spiro atoms. The molecule has 1 aromatic heterocycles. The smallest absolute Gasteiger partial charge is 0.293 e. The first-order valence-corrected chi connectivity index (χ1v) is 12.2. The molecule has 1 aliphatic heterocycles. The second kappa shape index (κ2) is 10.8. The van der Waals surface area contributed by atoms with E-state index in [1.165, 1.54) is 60.3 Å². The van der Waals surface area contributed by atoms with E-state index in [4.69, 9.17) is 9.47 Å². The molecule has 1 aliphatic rings. The Morgan fingerprint density at radius 2 is 1.79 bits per heavy atom. The van der Waals surface area contributed by atoms with Gasteiger partial charge in [0.1, 0.15) is 17.3 Å². The summed E-state index contributed by atoms with van der Waals surface area (Å²) in [7, 11) is 1.45. The number of methoxy groups -OCH3 is 1. The molecule has 1 saturated heterocycles. The number of nitrogens with zero attached hydrogens (tertiary/aromatic N) is 5. The van der Waals surface area contributed by atoms with Crippen molar-refractivity contribution in [2.24, 2.45) is 0 Å². The SMILES string of the molecule is COc1cc(/C=C2\SC(=O)N(Cc3cn(-c4ccc(F)cc4)nn3)C2=O)ccc1Oc1ccc([N+](=O)[O-])cc1. The van der Waals surface area contributed by atoms with Gasteiger partial charge in [-0.3, -0.25) is 24.6 Å². The molecule has 2 heterocycles. The molecule has 13 heteroatoms. The Kier molecular flexibility index (Phi) is 7.06. The van der Waals surface area contributed by atoms with Gasteiger partial charge in [0.15, 0.2) is 11.5 Å². The van der Waals surface area contributed by atoms with Gasteiger partial charge < -0.3 is 9.47 Å². The summed E-state index contributed by atoms with van der Waals surface area (Å²) in [5, 5.41) is 18.4. The first-order chi connectivity index (χ1) is 18.8. The topological polar surface area (TPSA) is 130 Å². The van der Waals surface area contributed by atoms with E-state index in [1.54, 1.807) is 30.5 Å². The predicted molar refractivity (Wildman–Crippen MR) is 139 cm³/mol. The Hall–Kier alpha value is -5.04. The van der Waals surface area contributed by atoms with Gasteiger partial charge in [-0.15, -0.1) is 5.10 Å². The van der Waals surface area contributed by atoms with Gasteiger partial charge >= 0.3 is 0 Å². The van der Waals surface area contributed by atoms with Crippen molar-refractivity contribution in [1.29, 1.82) is 0 Å². The van der Waals surface area contributed by atoms with Crippen LogP contribution in [0.2, 0.25) is 0 Å². The van der Waals surface area contributed by atoms with Crippen LogP contribution in [0, 0.1) is 15.9 Å². The third-order valence-electron chi connectivity index (χ3n) is 5.59. The van der Waals surface area contributed by atoms with Crippen LogP contribution in [0.3, 0.4) is 0 Å². The van der Waals surface area contributed by atoms with Crippen LogP contribution in [0.4, 0.5) is 14.9 Å². The maximum absolute atomic E-state index is 13.2. The first kappa shape index (κ1) is 25.6. The molecule has 0 saturated carbocycles. The Morgan fingerprint density at radius 1 is 1.05 bits per heavy atom. The third-order valence-corrected chi connectivity index (χ3v) is 6.49. The van der Waals surface area contributed by atoms with Crippen LogP contribution in [-0.4, -0.2) is 43.1 Å². The molecular formula is C26H18FN5O6S. The highest BCUT2D eigenvalue weighted by atomic mass is 32.2. The second-order valence-corrected chi connectivity index (χ2v) is 9.16. The van der Waals surface area contributed by atoms with Crippen molar-refractivity contribution < 1.29 is 28.4 Å². The first-order valence-electron chi connectivity index (χ1n) is 11.3. The Morgan fingerprint density at radius 3 is 2.49 bits per heavy atom. The number of amides is 2. The number of hydrogen-bond donors (Lipinski definition) is 0. The van der Waals surface area contributed by atoms with E-state index in [-0.39, 0.29) is 23.0 Å². The van der Waals surface area contributed by atoms with E-state index in [0.29, 0.717) is 34.2 Å². The lowest BCUT2D eigenvalue weighted by Crippen LogP contribution is -2.27. The fourth-order valence-corrected chi connectivity index (χ4v) is 4.50. The zero-order chi connectivity index (χ0) is 27.5. The van der Waals surface area contributed by atoms with Crippen LogP contribution in [0.5, 0.6) is 17.2 Å². The van der Waals surface area contributed by atoms with E-state index < -0.39 is 16.1 Å². The van der Waals surface area contributed by atoms with Gasteiger partial charge in [-0.25, -0.2) is 9.07 Å². The highest BCUT2D eigenvalue weighted by Gasteiger charge is 2.35. The van der Waals surface area contributed by atoms with Gasteiger partial charge in [0.05, 0.1) is 35.4 Å². The number of nitro groups is 1. The van der Waals surface area contributed by atoms with Gasteiger partial charge in [-0.05, 0) is 71.9 Å². The fourth-order valence-electron chi connectivity index (χ4n) is 3.66. The van der Waals surface area contributed by atoms with Crippen LogP contribution >= 0.6 is 11.8 Å². The molecular weight excluding hydrogens is 529 g/mol. The van der Waals surface area contributed by atoms with E-state index in [9.17, 15) is 24.1 Å². The number of halogens is 1. The van der Waals surface area contributed by atoms with Crippen molar-refractivity contribution in [1.82, 2.24) is 19.9 Å². The molecule has 0 N–H and O–H groups in total. The summed E-state index contributed by atoms with van der Waals surface area (Å²) in [6.45, 7) is -0.0749. The van der Waals surface area contributed by atoms with Crippen molar-refractivity contribution in [2.75, 3.05) is 7.11 Å². The van der Waals surface area contributed by atoms with Crippen LogP contribution < -0.4 is 9.47 Å². The molecule has 196 valence electrons. The lowest BCUT2D eigenvalue weighted by molar-refractivity contribution is -0.384. The average molecular weight is 548 g/mol. The van der Waals surface area contributed by atoms with Gasteiger partial charge in [-0.1, -0.05) is 11.3 Å². The lowest BCUT2D eigenvalue weighted by Gasteiger charge is -2.11. The van der Waals surface area contributed by atoms with Crippen molar-refractivity contribution in [3.63, 3.8) is 0 Å². The molecule has 11 nitrogen and oxygen atoms in total. The second-order valence-electron chi connectivity index (χ2n) is 8.16. The maximum atomic E-state index is 13.2. The summed E-state index contributed by atoms with van der Waals surface area (Å²) in [5.41, 5.74) is 1.50. The molecule has 3 aromatic carbocycles. The number of thioether (sulfide) groups is 1. The quantitative estimate of drug-likeness (QED) is 0.163. The molecule has 39 heavy (non-hydrogen) atoms. The van der Waals surface area contributed by atoms with E-state index in [0.717, 1.165) is 16.7 Å². The Labute approximate surface area is 224 Å². The number of imide groups is 1. The summed E-state index contributed by atoms with van der Waals surface area (Å²) >= 11 is 0.799. The number of non-ortho nitro benzene ring substituents is 1. The van der Waals surface area contributed by atoms with Crippen molar-refractivity contribution in [3.05, 3.63) is 105 Å². The van der Waals surface area contributed by atoms with Gasteiger partial charge in [0.2, 0.25) is 0 Å². The number of benzene rings is 3. The number of nitro benzene ring substituents is 1. The lowest BCUT2D eigenvalue weighted by atomic mass is 10.2. The maximum Gasteiger partial charge on any atom is 0.293 e. The molecule has 1 fully saturated rings. The number of ether oxygens (including phenoxy) is 2. The minimum atomic E-state index is -0.502. The highest BCUT2D eigenvalue weighted by molar-refractivity contribution is 8.18. The van der Waals surface area contributed by atoms with Crippen molar-refractivity contribution in [3.8, 4) is 22.9 Å². The number of rotatable bonds is 8. The van der Waals surface area contributed by atoms with Crippen molar-refractivity contribution in [2.45, 2.75) is 6.54 Å². The minimum Gasteiger partial charge on any atom is -0.493 e. The van der Waals surface area contributed by atoms with E-state index in [1.807, 2.05) is 0 Å². The predicted octanol–water partition coefficient (Wildman–Crippen LogP) is 5.35. The molecule has 5 rings (SSSR count). The summed E-state index contributed by atoms with van der Waals surface area (Å²) in [6.07, 6.45) is 3.13. The largest absolute Gasteiger partial charge is 0.493 e. The molecule has 0 aliphatic carbocycles. The Bertz CT molecular complexity index is 1600. The highest BCUT2D eigenvalue weighted by Crippen LogP contribution is 2.36. The molecule has 0 unspecified atom stereocenters. The average Bonchev–Trinajstić information content (AvgIpc) is 3.50. The number of hydrogen-bond acceptors (Lipinski definition) is 9. The molecule has 0 radical (unpaired) electrons. The molecule has 4 aromatic rings. The number of carbonyl (C=O) groups is 2. The standard InChI is InChI=1S/C26H18FN5O6S/c1-37-23-12-16(2-11-22(23)38-21-9-7-20(8-10-21)32(35)36)13-24-25(33)30(26(34)39-24)14-18-15-31(29-28-18)19-5-3-17(27)4-6-19/h2-13,15H,14H2,1H3/b24-13-. The van der Waals surface area contributed by atoms with E-state index >= 15 is 0 Å². The third kappa shape index (κ3) is 5.62. The summed E-state index contributed by atoms with van der Waals surface area (Å²) < 4.78 is 25.8. The van der Waals surface area contributed by atoms with Crippen LogP contribution in [0.25, 0.3) is 11.8 Å². The molecule has 0 bridgehead atoms. The fraction of sp³-hybridized carbons (Fsp3) is 0.0769. The number of carbonyl (C=O) groups excluding carboxylic acids is 2. The molecule has 2 amide bonds. The van der Waals surface area contributed by atoms with Gasteiger partial charge in [0.25, 0.3) is 16.8 Å². The normalized spacial score (nSPS) is 14.2. The van der Waals surface area contributed by atoms with Gasteiger partial charge in [-0.2, -0.15) is 0 Å². The van der Waals surface area contributed by atoms with E-state index in [2.05, 4.69) is 10.3 Å². The summed E-state index contributed by atoms with van der Waals surface area (Å²) in [6, 6.07) is 16.2.